The highest BCUT2D eigenvalue weighted by Gasteiger charge is 2.39. The molecule has 28 heavy (non-hydrogen) atoms. The summed E-state index contributed by atoms with van der Waals surface area (Å²) in [5.74, 6) is 0.913. The molecule has 2 unspecified atom stereocenters. The van der Waals surface area contributed by atoms with E-state index in [9.17, 15) is 4.79 Å². The molecule has 144 valence electrons. The second-order valence-corrected chi connectivity index (χ2v) is 8.24. The molecule has 7 nitrogen and oxygen atoms in total. The summed E-state index contributed by atoms with van der Waals surface area (Å²) in [7, 11) is 3.79. The topological polar surface area (TPSA) is 80.5 Å². The smallest absolute Gasteiger partial charge is 0.279 e. The summed E-state index contributed by atoms with van der Waals surface area (Å²) < 4.78 is 10.6. The Balaban J connectivity index is 1.34. The minimum Gasteiger partial charge on any atom is -0.497 e. The molecule has 2 aliphatic heterocycles. The Morgan fingerprint density at radius 3 is 3.11 bits per heavy atom. The fraction of sp³-hybridized carbons (Fsp3) is 0.350. The summed E-state index contributed by atoms with van der Waals surface area (Å²) in [4.78, 5) is 21.0. The van der Waals surface area contributed by atoms with Crippen molar-refractivity contribution in [3.8, 4) is 17.1 Å². The Hall–Kier alpha value is -2.71. The number of rotatable bonds is 4. The van der Waals surface area contributed by atoms with E-state index in [-0.39, 0.29) is 11.6 Å². The van der Waals surface area contributed by atoms with Crippen molar-refractivity contribution >= 4 is 22.4 Å². The van der Waals surface area contributed by atoms with Crippen LogP contribution >= 0.6 is 11.3 Å². The van der Waals surface area contributed by atoms with Crippen molar-refractivity contribution in [1.82, 2.24) is 15.0 Å². The molecule has 4 heterocycles. The highest BCUT2D eigenvalue weighted by atomic mass is 32.1. The number of fused-ring (bicyclic) bond motifs is 4. The first-order chi connectivity index (χ1) is 13.6. The van der Waals surface area contributed by atoms with E-state index in [2.05, 4.69) is 27.4 Å². The fourth-order valence-electron chi connectivity index (χ4n) is 4.08. The van der Waals surface area contributed by atoms with E-state index in [4.69, 9.17) is 9.26 Å². The number of amides is 1. The number of carbonyl (C=O) groups is 1. The van der Waals surface area contributed by atoms with Crippen LogP contribution in [-0.4, -0.2) is 41.1 Å². The SMILES string of the molecule is COc1cccc(-c2cc(C(=O)Nc3nc4c(s3)C3CCC(C4)N3C)no2)c1. The fourth-order valence-corrected chi connectivity index (χ4v) is 5.25. The van der Waals surface area contributed by atoms with Gasteiger partial charge in [-0.05, 0) is 32.0 Å². The van der Waals surface area contributed by atoms with Crippen LogP contribution < -0.4 is 10.1 Å². The molecule has 1 aromatic carbocycles. The van der Waals surface area contributed by atoms with Gasteiger partial charge in [0.05, 0.1) is 12.8 Å². The molecule has 2 bridgehead atoms. The number of aromatic nitrogens is 2. The minimum atomic E-state index is -0.317. The quantitative estimate of drug-likeness (QED) is 0.723. The molecule has 3 aromatic rings. The molecule has 1 fully saturated rings. The Morgan fingerprint density at radius 2 is 2.25 bits per heavy atom. The molecular formula is C20H20N4O3S. The highest BCUT2D eigenvalue weighted by molar-refractivity contribution is 7.16. The Labute approximate surface area is 166 Å². The van der Waals surface area contributed by atoms with Crippen molar-refractivity contribution in [3.05, 3.63) is 46.6 Å². The van der Waals surface area contributed by atoms with Crippen molar-refractivity contribution in [3.63, 3.8) is 0 Å². The summed E-state index contributed by atoms with van der Waals surface area (Å²) in [6.45, 7) is 0. The number of hydrogen-bond donors (Lipinski definition) is 1. The minimum absolute atomic E-state index is 0.227. The van der Waals surface area contributed by atoms with Crippen LogP contribution in [0.25, 0.3) is 11.3 Å². The second-order valence-electron chi connectivity index (χ2n) is 7.21. The number of anilines is 1. The number of hydrogen-bond acceptors (Lipinski definition) is 7. The van der Waals surface area contributed by atoms with Crippen molar-refractivity contribution < 1.29 is 14.1 Å². The summed E-state index contributed by atoms with van der Waals surface area (Å²) in [6.07, 6.45) is 3.34. The van der Waals surface area contributed by atoms with E-state index in [0.29, 0.717) is 28.7 Å². The lowest BCUT2D eigenvalue weighted by atomic mass is 10.1. The molecular weight excluding hydrogens is 376 g/mol. The van der Waals surface area contributed by atoms with Gasteiger partial charge in [-0.2, -0.15) is 0 Å². The molecule has 0 spiro atoms. The predicted octanol–water partition coefficient (Wildman–Crippen LogP) is 3.75. The number of ether oxygens (including phenoxy) is 1. The van der Waals surface area contributed by atoms with Gasteiger partial charge in [-0.1, -0.05) is 28.6 Å². The monoisotopic (exact) mass is 396 g/mol. The van der Waals surface area contributed by atoms with Gasteiger partial charge in [0.15, 0.2) is 16.6 Å². The number of carbonyl (C=O) groups excluding carboxylic acids is 1. The maximum atomic E-state index is 12.6. The van der Waals surface area contributed by atoms with Crippen molar-refractivity contribution in [2.45, 2.75) is 31.3 Å². The molecule has 0 saturated carbocycles. The number of nitrogens with one attached hydrogen (secondary N) is 1. The van der Waals surface area contributed by atoms with E-state index in [1.807, 2.05) is 24.3 Å². The zero-order chi connectivity index (χ0) is 19.3. The van der Waals surface area contributed by atoms with Crippen LogP contribution in [0.2, 0.25) is 0 Å². The van der Waals surface area contributed by atoms with Gasteiger partial charge in [-0.25, -0.2) is 4.98 Å². The Kier molecular flexibility index (Phi) is 4.17. The van der Waals surface area contributed by atoms with Crippen LogP contribution in [0.5, 0.6) is 5.75 Å². The van der Waals surface area contributed by atoms with Crippen LogP contribution in [0.4, 0.5) is 5.13 Å². The summed E-state index contributed by atoms with van der Waals surface area (Å²) in [5, 5.41) is 7.42. The average Bonchev–Trinajstić information content (AvgIpc) is 3.40. The van der Waals surface area contributed by atoms with E-state index < -0.39 is 0 Å². The van der Waals surface area contributed by atoms with Crippen LogP contribution in [0.15, 0.2) is 34.9 Å². The molecule has 0 aliphatic carbocycles. The van der Waals surface area contributed by atoms with Crippen molar-refractivity contribution in [1.29, 1.82) is 0 Å². The molecule has 8 heteroatoms. The maximum absolute atomic E-state index is 12.6. The van der Waals surface area contributed by atoms with E-state index >= 15 is 0 Å². The van der Waals surface area contributed by atoms with E-state index in [1.54, 1.807) is 24.5 Å². The van der Waals surface area contributed by atoms with Gasteiger partial charge in [0.2, 0.25) is 0 Å². The molecule has 1 N–H and O–H groups in total. The molecule has 2 aromatic heterocycles. The summed E-state index contributed by atoms with van der Waals surface area (Å²) >= 11 is 1.57. The predicted molar refractivity (Wildman–Crippen MR) is 106 cm³/mol. The largest absolute Gasteiger partial charge is 0.497 e. The van der Waals surface area contributed by atoms with Gasteiger partial charge in [0.1, 0.15) is 5.75 Å². The number of benzene rings is 1. The second kappa shape index (κ2) is 6.72. The van der Waals surface area contributed by atoms with Crippen LogP contribution in [-0.2, 0) is 6.42 Å². The number of likely N-dealkylation sites (N-methyl/N-ethyl adjacent to an activating group) is 1. The van der Waals surface area contributed by atoms with Crippen molar-refractivity contribution in [2.24, 2.45) is 0 Å². The summed E-state index contributed by atoms with van der Waals surface area (Å²) in [5.41, 5.74) is 2.16. The molecule has 1 amide bonds. The zero-order valence-electron chi connectivity index (χ0n) is 15.6. The Bertz CT molecular complexity index is 1040. The van der Waals surface area contributed by atoms with E-state index in [1.165, 1.54) is 11.3 Å². The normalized spacial score (nSPS) is 20.8. The molecule has 0 radical (unpaired) electrons. The average molecular weight is 396 g/mol. The highest BCUT2D eigenvalue weighted by Crippen LogP contribution is 2.45. The number of nitrogens with zero attached hydrogens (tertiary/aromatic N) is 3. The standard InChI is InChI=1S/C20H20N4O3S/c1-24-12-6-7-16(24)18-14(9-12)21-20(28-18)22-19(25)15-10-17(27-23-15)11-4-3-5-13(8-11)26-2/h3-5,8,10,12,16H,6-7,9H2,1-2H3,(H,21,22,25). The molecule has 2 aliphatic rings. The van der Waals surface area contributed by atoms with Gasteiger partial charge >= 0.3 is 0 Å². The first-order valence-electron chi connectivity index (χ1n) is 9.26. The van der Waals surface area contributed by atoms with E-state index in [0.717, 1.165) is 24.1 Å². The molecule has 1 saturated heterocycles. The third-order valence-corrected chi connectivity index (χ3v) is 6.73. The van der Waals surface area contributed by atoms with Crippen molar-refractivity contribution in [2.75, 3.05) is 19.5 Å². The van der Waals surface area contributed by atoms with Gasteiger partial charge in [0.25, 0.3) is 5.91 Å². The first kappa shape index (κ1) is 17.4. The third-order valence-electron chi connectivity index (χ3n) is 5.62. The van der Waals surface area contributed by atoms with Crippen LogP contribution in [0, 0.1) is 0 Å². The lowest BCUT2D eigenvalue weighted by Gasteiger charge is -2.29. The van der Waals surface area contributed by atoms with Gasteiger partial charge in [-0.15, -0.1) is 0 Å². The third kappa shape index (κ3) is 2.89. The lowest BCUT2D eigenvalue weighted by Crippen LogP contribution is -2.33. The van der Waals surface area contributed by atoms with Gasteiger partial charge in [0, 0.05) is 35.0 Å². The van der Waals surface area contributed by atoms with Gasteiger partial charge in [-0.3, -0.25) is 15.0 Å². The first-order valence-corrected chi connectivity index (χ1v) is 10.1. The number of thiazole rings is 1. The zero-order valence-corrected chi connectivity index (χ0v) is 16.5. The maximum Gasteiger partial charge on any atom is 0.279 e. The summed E-state index contributed by atoms with van der Waals surface area (Å²) in [6, 6.07) is 10.1. The van der Waals surface area contributed by atoms with Crippen LogP contribution in [0.1, 0.15) is 39.9 Å². The van der Waals surface area contributed by atoms with Crippen LogP contribution in [0.3, 0.4) is 0 Å². The Morgan fingerprint density at radius 1 is 1.36 bits per heavy atom. The lowest BCUT2D eigenvalue weighted by molar-refractivity contribution is 0.101. The van der Waals surface area contributed by atoms with Gasteiger partial charge < -0.3 is 9.26 Å². The number of methoxy groups -OCH3 is 1. The molecule has 5 rings (SSSR count). The molecule has 2 atom stereocenters.